The highest BCUT2D eigenvalue weighted by atomic mass is 35.5. The highest BCUT2D eigenvalue weighted by Crippen LogP contribution is 2.31. The number of pyridine rings is 1. The topological polar surface area (TPSA) is 85.6 Å². The van der Waals surface area contributed by atoms with Gasteiger partial charge >= 0.3 is 0 Å². The molecule has 0 saturated carbocycles. The Morgan fingerprint density at radius 2 is 2.00 bits per heavy atom. The first-order chi connectivity index (χ1) is 16.0. The van der Waals surface area contributed by atoms with Gasteiger partial charge in [-0.15, -0.1) is 0 Å². The molecule has 0 amide bonds. The average Bonchev–Trinajstić information content (AvgIpc) is 3.32. The van der Waals surface area contributed by atoms with Gasteiger partial charge in [0.15, 0.2) is 0 Å². The van der Waals surface area contributed by atoms with Crippen molar-refractivity contribution in [2.24, 2.45) is 0 Å². The third kappa shape index (κ3) is 4.38. The number of aryl methyl sites for hydroxylation is 3. The SMILES string of the molecule is Cc1cncc(-c2ccc(-c3cc4cnc(C)nc4n(CC[C@H]4CCCN4)c3=O)c(Cl)c2)n1. The third-order valence-corrected chi connectivity index (χ3v) is 6.43. The maximum absolute atomic E-state index is 13.7. The molecule has 0 radical (unpaired) electrons. The number of rotatable bonds is 5. The summed E-state index contributed by atoms with van der Waals surface area (Å²) in [5.41, 5.74) is 4.22. The molecule has 1 atom stereocenters. The molecule has 3 aromatic heterocycles. The van der Waals surface area contributed by atoms with E-state index in [0.717, 1.165) is 41.7 Å². The highest BCUT2D eigenvalue weighted by Gasteiger charge is 2.18. The van der Waals surface area contributed by atoms with Crippen molar-refractivity contribution in [1.82, 2.24) is 29.8 Å². The number of nitrogens with one attached hydrogen (secondary N) is 1. The Hall–Kier alpha value is -3.16. The summed E-state index contributed by atoms with van der Waals surface area (Å²) in [7, 11) is 0. The zero-order valence-electron chi connectivity index (χ0n) is 18.7. The Balaban J connectivity index is 1.59. The van der Waals surface area contributed by atoms with Crippen LogP contribution in [0, 0.1) is 13.8 Å². The first kappa shape index (κ1) is 21.7. The Morgan fingerprint density at radius 1 is 1.12 bits per heavy atom. The van der Waals surface area contributed by atoms with Crippen molar-refractivity contribution >= 4 is 22.6 Å². The van der Waals surface area contributed by atoms with Gasteiger partial charge in [0.25, 0.3) is 5.56 Å². The molecule has 0 unspecified atom stereocenters. The molecular weight excluding hydrogens is 436 g/mol. The fourth-order valence-electron chi connectivity index (χ4n) is 4.43. The molecule has 4 heterocycles. The number of halogens is 1. The minimum atomic E-state index is -0.0939. The average molecular weight is 461 g/mol. The standard InChI is InChI=1S/C25H25ClN6O/c1-15-12-27-14-23(30-15)17-5-6-20(22(26)11-17)21-10-18-13-29-16(2)31-24(18)32(25(21)33)9-7-19-4-3-8-28-19/h5-6,10-14,19,28H,3-4,7-9H2,1-2H3/t19-/m1/s1. The van der Waals surface area contributed by atoms with Gasteiger partial charge in [0.2, 0.25) is 0 Å². The number of fused-ring (bicyclic) bond motifs is 1. The van der Waals surface area contributed by atoms with Gasteiger partial charge in [0, 0.05) is 52.1 Å². The van der Waals surface area contributed by atoms with Crippen LogP contribution in [0.4, 0.5) is 0 Å². The molecule has 1 saturated heterocycles. The lowest BCUT2D eigenvalue weighted by atomic mass is 10.0. The Kier molecular flexibility index (Phi) is 5.91. The molecule has 7 nitrogen and oxygen atoms in total. The first-order valence-corrected chi connectivity index (χ1v) is 11.6. The minimum absolute atomic E-state index is 0.0939. The number of benzene rings is 1. The van der Waals surface area contributed by atoms with Crippen LogP contribution in [0.15, 0.2) is 47.7 Å². The summed E-state index contributed by atoms with van der Waals surface area (Å²) in [6, 6.07) is 7.91. The number of aromatic nitrogens is 5. The van der Waals surface area contributed by atoms with E-state index in [1.165, 1.54) is 6.42 Å². The molecule has 8 heteroatoms. The normalized spacial score (nSPS) is 15.9. The molecule has 1 aliphatic rings. The van der Waals surface area contributed by atoms with Gasteiger partial charge in [0.1, 0.15) is 11.5 Å². The molecular formula is C25H25ClN6O. The predicted molar refractivity (Wildman–Crippen MR) is 130 cm³/mol. The summed E-state index contributed by atoms with van der Waals surface area (Å²) in [4.78, 5) is 31.3. The largest absolute Gasteiger partial charge is 0.314 e. The summed E-state index contributed by atoms with van der Waals surface area (Å²) in [6.07, 6.45) is 8.38. The van der Waals surface area contributed by atoms with Gasteiger partial charge in [-0.05, 0) is 51.8 Å². The maximum Gasteiger partial charge on any atom is 0.260 e. The van der Waals surface area contributed by atoms with Crippen LogP contribution in [0.1, 0.15) is 30.8 Å². The van der Waals surface area contributed by atoms with Gasteiger partial charge < -0.3 is 5.32 Å². The lowest BCUT2D eigenvalue weighted by molar-refractivity contribution is 0.504. The zero-order valence-corrected chi connectivity index (χ0v) is 19.4. The highest BCUT2D eigenvalue weighted by molar-refractivity contribution is 6.33. The van der Waals surface area contributed by atoms with Gasteiger partial charge in [-0.1, -0.05) is 23.7 Å². The molecule has 0 spiro atoms. The molecule has 1 aromatic carbocycles. The number of nitrogens with zero attached hydrogens (tertiary/aromatic N) is 5. The lowest BCUT2D eigenvalue weighted by Gasteiger charge is -2.16. The molecule has 5 rings (SSSR count). The van der Waals surface area contributed by atoms with E-state index in [1.807, 2.05) is 38.1 Å². The van der Waals surface area contributed by atoms with E-state index in [0.29, 0.717) is 40.2 Å². The second-order valence-corrected chi connectivity index (χ2v) is 8.94. The smallest absolute Gasteiger partial charge is 0.260 e. The van der Waals surface area contributed by atoms with Crippen LogP contribution in [-0.4, -0.2) is 37.1 Å². The van der Waals surface area contributed by atoms with Crippen molar-refractivity contribution in [2.45, 2.75) is 45.7 Å². The van der Waals surface area contributed by atoms with E-state index in [4.69, 9.17) is 11.6 Å². The third-order valence-electron chi connectivity index (χ3n) is 6.12. The molecule has 4 aromatic rings. The molecule has 1 aliphatic heterocycles. The summed E-state index contributed by atoms with van der Waals surface area (Å²) in [6.45, 7) is 5.36. The Bertz CT molecular complexity index is 1390. The van der Waals surface area contributed by atoms with Crippen LogP contribution in [0.2, 0.25) is 5.02 Å². The predicted octanol–water partition coefficient (Wildman–Crippen LogP) is 4.33. The molecule has 1 N–H and O–H groups in total. The second-order valence-electron chi connectivity index (χ2n) is 8.53. The summed E-state index contributed by atoms with van der Waals surface area (Å²) in [5, 5.41) is 4.82. The van der Waals surface area contributed by atoms with E-state index in [2.05, 4.69) is 25.3 Å². The molecule has 33 heavy (non-hydrogen) atoms. The minimum Gasteiger partial charge on any atom is -0.314 e. The fourth-order valence-corrected chi connectivity index (χ4v) is 4.71. The molecule has 0 bridgehead atoms. The van der Waals surface area contributed by atoms with Crippen LogP contribution in [0.25, 0.3) is 33.4 Å². The van der Waals surface area contributed by atoms with Gasteiger partial charge in [-0.3, -0.25) is 14.3 Å². The quantitative estimate of drug-likeness (QED) is 0.477. The van der Waals surface area contributed by atoms with Crippen molar-refractivity contribution < 1.29 is 0 Å². The first-order valence-electron chi connectivity index (χ1n) is 11.2. The van der Waals surface area contributed by atoms with Crippen LogP contribution >= 0.6 is 11.6 Å². The van der Waals surface area contributed by atoms with E-state index < -0.39 is 0 Å². The van der Waals surface area contributed by atoms with E-state index >= 15 is 0 Å². The Labute approximate surface area is 196 Å². The summed E-state index contributed by atoms with van der Waals surface area (Å²) < 4.78 is 1.77. The van der Waals surface area contributed by atoms with Crippen molar-refractivity contribution in [3.63, 3.8) is 0 Å². The monoisotopic (exact) mass is 460 g/mol. The number of hydrogen-bond acceptors (Lipinski definition) is 6. The molecule has 1 fully saturated rings. The van der Waals surface area contributed by atoms with E-state index in [9.17, 15) is 4.79 Å². The Morgan fingerprint density at radius 3 is 2.76 bits per heavy atom. The van der Waals surface area contributed by atoms with Gasteiger partial charge in [-0.25, -0.2) is 15.0 Å². The van der Waals surface area contributed by atoms with E-state index in [-0.39, 0.29) is 5.56 Å². The van der Waals surface area contributed by atoms with Gasteiger partial charge in [0.05, 0.1) is 17.6 Å². The van der Waals surface area contributed by atoms with Crippen LogP contribution in [-0.2, 0) is 6.54 Å². The van der Waals surface area contributed by atoms with Crippen molar-refractivity contribution in [3.8, 4) is 22.4 Å². The zero-order chi connectivity index (χ0) is 22.9. The fraction of sp³-hybridized carbons (Fsp3) is 0.320. The van der Waals surface area contributed by atoms with Crippen LogP contribution in [0.3, 0.4) is 0 Å². The van der Waals surface area contributed by atoms with Crippen molar-refractivity contribution in [2.75, 3.05) is 6.54 Å². The maximum atomic E-state index is 13.7. The van der Waals surface area contributed by atoms with Gasteiger partial charge in [-0.2, -0.15) is 0 Å². The van der Waals surface area contributed by atoms with Crippen molar-refractivity contribution in [1.29, 1.82) is 0 Å². The number of hydrogen-bond donors (Lipinski definition) is 1. The van der Waals surface area contributed by atoms with E-state index in [1.54, 1.807) is 23.2 Å². The molecule has 168 valence electrons. The lowest BCUT2D eigenvalue weighted by Crippen LogP contribution is -2.28. The second kappa shape index (κ2) is 9.00. The summed E-state index contributed by atoms with van der Waals surface area (Å²) >= 11 is 6.70. The van der Waals surface area contributed by atoms with Crippen LogP contribution in [0.5, 0.6) is 0 Å². The van der Waals surface area contributed by atoms with Crippen LogP contribution < -0.4 is 10.9 Å². The van der Waals surface area contributed by atoms with Crippen molar-refractivity contribution in [3.05, 3.63) is 69.8 Å². The summed E-state index contributed by atoms with van der Waals surface area (Å²) in [5.74, 6) is 0.643. The molecule has 0 aliphatic carbocycles.